The Kier molecular flexibility index (Phi) is 2.89. The zero-order chi connectivity index (χ0) is 10.7. The van der Waals surface area contributed by atoms with Crippen LogP contribution in [0.4, 0.5) is 10.6 Å². The quantitative estimate of drug-likeness (QED) is 0.784. The topological polar surface area (TPSA) is 69.2 Å². The lowest BCUT2D eigenvalue weighted by molar-refractivity contribution is 0.196. The molecule has 1 aromatic heterocycles. The van der Waals surface area contributed by atoms with E-state index in [4.69, 9.17) is 0 Å². The van der Waals surface area contributed by atoms with E-state index in [0.29, 0.717) is 5.82 Å². The Bertz CT molecular complexity index is 317. The molecule has 1 heterocycles. The largest absolute Gasteiger partial charge is 0.465 e. The van der Waals surface area contributed by atoms with Gasteiger partial charge in [-0.1, -0.05) is 19.3 Å². The minimum Gasteiger partial charge on any atom is -0.465 e. The van der Waals surface area contributed by atoms with Crippen molar-refractivity contribution in [1.29, 1.82) is 0 Å². The van der Waals surface area contributed by atoms with E-state index in [9.17, 15) is 9.90 Å². The molecule has 0 atom stereocenters. The zero-order valence-corrected chi connectivity index (χ0v) is 8.52. The van der Waals surface area contributed by atoms with Gasteiger partial charge in [-0.15, -0.1) is 0 Å². The molecule has 0 unspecified atom stereocenters. The fourth-order valence-electron chi connectivity index (χ4n) is 2.18. The number of anilines is 1. The summed E-state index contributed by atoms with van der Waals surface area (Å²) in [6.45, 7) is 0. The van der Waals surface area contributed by atoms with E-state index in [2.05, 4.69) is 10.2 Å². The lowest BCUT2D eigenvalue weighted by Crippen LogP contribution is -2.41. The second-order valence-corrected chi connectivity index (χ2v) is 3.89. The van der Waals surface area contributed by atoms with E-state index in [1.54, 1.807) is 12.3 Å². The maximum Gasteiger partial charge on any atom is 0.413 e. The number of nitrogens with one attached hydrogen (secondary N) is 1. The molecule has 2 N–H and O–H groups in total. The average molecular weight is 209 g/mol. The van der Waals surface area contributed by atoms with Gasteiger partial charge in [-0.3, -0.25) is 10.00 Å². The molecule has 82 valence electrons. The number of nitrogens with zero attached hydrogens (tertiary/aromatic N) is 2. The molecule has 1 amide bonds. The van der Waals surface area contributed by atoms with Crippen molar-refractivity contribution in [2.45, 2.75) is 38.1 Å². The third-order valence-corrected chi connectivity index (χ3v) is 2.89. The SMILES string of the molecule is O=C(O)N(c1ccn[nH]1)C1CCCCC1. The van der Waals surface area contributed by atoms with Crippen LogP contribution in [0.25, 0.3) is 0 Å². The molecular weight excluding hydrogens is 194 g/mol. The Balaban J connectivity index is 2.15. The minimum absolute atomic E-state index is 0.108. The number of H-pyrrole nitrogens is 1. The van der Waals surface area contributed by atoms with Crippen molar-refractivity contribution in [1.82, 2.24) is 10.2 Å². The van der Waals surface area contributed by atoms with Crippen LogP contribution in [0.3, 0.4) is 0 Å². The summed E-state index contributed by atoms with van der Waals surface area (Å²) in [7, 11) is 0. The van der Waals surface area contributed by atoms with Crippen LogP contribution in [0.15, 0.2) is 12.3 Å². The first-order valence-electron chi connectivity index (χ1n) is 5.30. The molecule has 1 aromatic rings. The highest BCUT2D eigenvalue weighted by atomic mass is 16.4. The van der Waals surface area contributed by atoms with Crippen molar-refractivity contribution in [3.05, 3.63) is 12.3 Å². The molecular formula is C10H15N3O2. The summed E-state index contributed by atoms with van der Waals surface area (Å²) < 4.78 is 0. The Morgan fingerprint density at radius 2 is 2.20 bits per heavy atom. The number of rotatable bonds is 2. The summed E-state index contributed by atoms with van der Waals surface area (Å²) in [6.07, 6.45) is 6.02. The Hall–Kier alpha value is -1.52. The molecule has 15 heavy (non-hydrogen) atoms. The fourth-order valence-corrected chi connectivity index (χ4v) is 2.18. The summed E-state index contributed by atoms with van der Waals surface area (Å²) in [6, 6.07) is 1.81. The van der Waals surface area contributed by atoms with Gasteiger partial charge in [0.25, 0.3) is 0 Å². The van der Waals surface area contributed by atoms with Gasteiger partial charge in [0.1, 0.15) is 5.82 Å². The number of hydrogen-bond acceptors (Lipinski definition) is 2. The standard InChI is InChI=1S/C10H15N3O2/c14-10(15)13(9-6-7-11-12-9)8-4-2-1-3-5-8/h6-8H,1-5H2,(H,11,12)(H,14,15). The molecule has 0 radical (unpaired) electrons. The zero-order valence-electron chi connectivity index (χ0n) is 8.52. The van der Waals surface area contributed by atoms with Crippen LogP contribution < -0.4 is 4.90 Å². The number of aromatic amines is 1. The molecule has 1 saturated carbocycles. The summed E-state index contributed by atoms with van der Waals surface area (Å²) in [5.74, 6) is 0.578. The van der Waals surface area contributed by atoms with Crippen LogP contribution in [0, 0.1) is 0 Å². The predicted octanol–water partition coefficient (Wildman–Crippen LogP) is 2.23. The van der Waals surface area contributed by atoms with Gasteiger partial charge in [0, 0.05) is 12.1 Å². The van der Waals surface area contributed by atoms with E-state index in [1.807, 2.05) is 0 Å². The molecule has 5 nitrogen and oxygen atoms in total. The minimum atomic E-state index is -0.897. The first kappa shape index (κ1) is 10.0. The maximum atomic E-state index is 11.2. The van der Waals surface area contributed by atoms with Crippen LogP contribution in [0.5, 0.6) is 0 Å². The van der Waals surface area contributed by atoms with Crippen LogP contribution in [-0.2, 0) is 0 Å². The first-order valence-corrected chi connectivity index (χ1v) is 5.30. The van der Waals surface area contributed by atoms with Crippen LogP contribution in [0.2, 0.25) is 0 Å². The van der Waals surface area contributed by atoms with Crippen LogP contribution in [0.1, 0.15) is 32.1 Å². The van der Waals surface area contributed by atoms with Crippen molar-refractivity contribution in [2.24, 2.45) is 0 Å². The van der Waals surface area contributed by atoms with Gasteiger partial charge in [-0.25, -0.2) is 4.79 Å². The Morgan fingerprint density at radius 1 is 1.47 bits per heavy atom. The van der Waals surface area contributed by atoms with Gasteiger partial charge in [0.15, 0.2) is 0 Å². The predicted molar refractivity (Wildman–Crippen MR) is 56.0 cm³/mol. The van der Waals surface area contributed by atoms with Crippen molar-refractivity contribution in [2.75, 3.05) is 4.90 Å². The number of aromatic nitrogens is 2. The number of carboxylic acid groups (broad SMARTS) is 1. The highest BCUT2D eigenvalue weighted by molar-refractivity contribution is 5.85. The monoisotopic (exact) mass is 209 g/mol. The van der Waals surface area contributed by atoms with E-state index in [0.717, 1.165) is 25.7 Å². The van der Waals surface area contributed by atoms with Crippen molar-refractivity contribution < 1.29 is 9.90 Å². The lowest BCUT2D eigenvalue weighted by atomic mass is 9.94. The Morgan fingerprint density at radius 3 is 2.73 bits per heavy atom. The smallest absolute Gasteiger partial charge is 0.413 e. The Labute approximate surface area is 88.1 Å². The fraction of sp³-hybridized carbons (Fsp3) is 0.600. The maximum absolute atomic E-state index is 11.2. The summed E-state index contributed by atoms with van der Waals surface area (Å²) in [4.78, 5) is 12.6. The van der Waals surface area contributed by atoms with Gasteiger partial charge in [-0.05, 0) is 12.8 Å². The van der Waals surface area contributed by atoms with E-state index in [1.165, 1.54) is 11.3 Å². The molecule has 1 fully saturated rings. The molecule has 1 aliphatic carbocycles. The molecule has 5 heteroatoms. The molecule has 1 aliphatic rings. The second kappa shape index (κ2) is 4.33. The molecule has 0 spiro atoms. The van der Waals surface area contributed by atoms with Crippen molar-refractivity contribution in [3.8, 4) is 0 Å². The first-order chi connectivity index (χ1) is 7.29. The van der Waals surface area contributed by atoms with Gasteiger partial charge in [-0.2, -0.15) is 5.10 Å². The summed E-state index contributed by atoms with van der Waals surface area (Å²) in [5, 5.41) is 15.7. The highest BCUT2D eigenvalue weighted by Gasteiger charge is 2.27. The summed E-state index contributed by atoms with van der Waals surface area (Å²) in [5.41, 5.74) is 0. The van der Waals surface area contributed by atoms with Gasteiger partial charge in [0.05, 0.1) is 6.20 Å². The number of hydrogen-bond donors (Lipinski definition) is 2. The third kappa shape index (κ3) is 2.11. The lowest BCUT2D eigenvalue weighted by Gasteiger charge is -2.30. The van der Waals surface area contributed by atoms with E-state index < -0.39 is 6.09 Å². The number of carbonyl (C=O) groups is 1. The second-order valence-electron chi connectivity index (χ2n) is 3.89. The molecule has 0 aliphatic heterocycles. The van der Waals surface area contributed by atoms with E-state index in [-0.39, 0.29) is 6.04 Å². The molecule has 0 saturated heterocycles. The highest BCUT2D eigenvalue weighted by Crippen LogP contribution is 2.25. The van der Waals surface area contributed by atoms with Gasteiger partial charge < -0.3 is 5.11 Å². The molecule has 2 rings (SSSR count). The number of amides is 1. The average Bonchev–Trinajstić information content (AvgIpc) is 2.72. The van der Waals surface area contributed by atoms with Gasteiger partial charge >= 0.3 is 6.09 Å². The van der Waals surface area contributed by atoms with Crippen LogP contribution >= 0.6 is 0 Å². The van der Waals surface area contributed by atoms with Gasteiger partial charge in [0.2, 0.25) is 0 Å². The molecule has 0 bridgehead atoms. The third-order valence-electron chi connectivity index (χ3n) is 2.89. The van der Waals surface area contributed by atoms with Crippen molar-refractivity contribution >= 4 is 11.9 Å². The van der Waals surface area contributed by atoms with Crippen LogP contribution in [-0.4, -0.2) is 27.4 Å². The molecule has 0 aromatic carbocycles. The van der Waals surface area contributed by atoms with Crippen molar-refractivity contribution in [3.63, 3.8) is 0 Å². The normalized spacial score (nSPS) is 17.6. The summed E-state index contributed by atoms with van der Waals surface area (Å²) >= 11 is 0. The van der Waals surface area contributed by atoms with E-state index >= 15 is 0 Å².